The Morgan fingerprint density at radius 2 is 2.04 bits per heavy atom. The van der Waals surface area contributed by atoms with Gasteiger partial charge in [-0.1, -0.05) is 18.2 Å². The van der Waals surface area contributed by atoms with E-state index in [1.807, 2.05) is 54.8 Å². The average Bonchev–Trinajstić information content (AvgIpc) is 3.22. The number of hydrogen-bond acceptors (Lipinski definition) is 3. The number of hydrogen-bond donors (Lipinski definition) is 0. The molecule has 1 atom stereocenters. The summed E-state index contributed by atoms with van der Waals surface area (Å²) >= 11 is 0. The number of amides is 1. The molecule has 4 rings (SSSR count). The molecule has 2 aliphatic rings. The molecule has 120 valence electrons. The fourth-order valence-corrected chi connectivity index (χ4v) is 3.94. The number of aromatic nitrogens is 2. The van der Waals surface area contributed by atoms with Gasteiger partial charge < -0.3 is 9.47 Å². The van der Waals surface area contributed by atoms with Crippen molar-refractivity contribution in [3.8, 4) is 0 Å². The van der Waals surface area contributed by atoms with Crippen molar-refractivity contribution in [2.45, 2.75) is 19.4 Å². The molecule has 3 heterocycles. The lowest BCUT2D eigenvalue weighted by atomic mass is 9.86. The van der Waals surface area contributed by atoms with Crippen molar-refractivity contribution in [2.24, 2.45) is 12.5 Å². The lowest BCUT2D eigenvalue weighted by Crippen LogP contribution is -2.31. The Morgan fingerprint density at radius 3 is 2.78 bits per heavy atom. The minimum atomic E-state index is 0.117. The standard InChI is InChI=1S/C18H22N4O/c1-20-14-19-10-16(20)11-21-8-7-18(12-21)9-17(23)22(13-18)15-5-3-2-4-6-15/h2-6,10,14H,7-9,11-13H2,1H3/t18-/m0/s1. The molecule has 1 spiro atoms. The number of carbonyl (C=O) groups excluding carboxylic acids is 1. The van der Waals surface area contributed by atoms with E-state index in [2.05, 4.69) is 14.5 Å². The molecule has 0 bridgehead atoms. The van der Waals surface area contributed by atoms with Crippen LogP contribution in [0, 0.1) is 5.41 Å². The number of rotatable bonds is 3. The van der Waals surface area contributed by atoms with Crippen LogP contribution in [0.2, 0.25) is 0 Å². The second kappa shape index (κ2) is 5.49. The van der Waals surface area contributed by atoms with Crippen LogP contribution >= 0.6 is 0 Å². The van der Waals surface area contributed by atoms with Gasteiger partial charge in [0, 0.05) is 50.4 Å². The van der Waals surface area contributed by atoms with E-state index in [0.29, 0.717) is 6.42 Å². The molecule has 5 heteroatoms. The molecule has 0 saturated carbocycles. The van der Waals surface area contributed by atoms with Crippen LogP contribution < -0.4 is 4.90 Å². The Labute approximate surface area is 136 Å². The second-order valence-corrected chi connectivity index (χ2v) is 6.95. The summed E-state index contributed by atoms with van der Waals surface area (Å²) < 4.78 is 2.07. The maximum Gasteiger partial charge on any atom is 0.227 e. The Bertz CT molecular complexity index is 711. The Hall–Kier alpha value is -2.14. The SMILES string of the molecule is Cn1cncc1CN1CC[C@]2(CC(=O)N(c3ccccc3)C2)C1. The second-order valence-electron chi connectivity index (χ2n) is 6.95. The number of benzene rings is 1. The van der Waals surface area contributed by atoms with Gasteiger partial charge in [0.25, 0.3) is 0 Å². The first-order valence-corrected chi connectivity index (χ1v) is 8.18. The van der Waals surface area contributed by atoms with Crippen LogP contribution in [0.3, 0.4) is 0 Å². The number of nitrogens with zero attached hydrogens (tertiary/aromatic N) is 4. The smallest absolute Gasteiger partial charge is 0.227 e. The van der Waals surface area contributed by atoms with E-state index < -0.39 is 0 Å². The summed E-state index contributed by atoms with van der Waals surface area (Å²) in [6, 6.07) is 10.0. The van der Waals surface area contributed by atoms with E-state index in [1.54, 1.807) is 0 Å². The molecular weight excluding hydrogens is 288 g/mol. The molecule has 2 fully saturated rings. The first-order chi connectivity index (χ1) is 11.2. The summed E-state index contributed by atoms with van der Waals surface area (Å²) in [4.78, 5) is 21.1. The lowest BCUT2D eigenvalue weighted by Gasteiger charge is -2.24. The molecule has 0 radical (unpaired) electrons. The van der Waals surface area contributed by atoms with Crippen LogP contribution in [0.25, 0.3) is 0 Å². The Morgan fingerprint density at radius 1 is 1.22 bits per heavy atom. The summed E-state index contributed by atoms with van der Waals surface area (Å²) in [6.45, 7) is 3.81. The van der Waals surface area contributed by atoms with E-state index in [1.165, 1.54) is 5.69 Å². The molecule has 2 aliphatic heterocycles. The summed E-state index contributed by atoms with van der Waals surface area (Å²) in [5, 5.41) is 0. The van der Waals surface area contributed by atoms with Gasteiger partial charge in [0.05, 0.1) is 12.0 Å². The van der Waals surface area contributed by atoms with Gasteiger partial charge >= 0.3 is 0 Å². The number of carbonyl (C=O) groups is 1. The number of anilines is 1. The molecule has 1 aromatic heterocycles. The molecule has 1 amide bonds. The quantitative estimate of drug-likeness (QED) is 0.871. The van der Waals surface area contributed by atoms with E-state index in [-0.39, 0.29) is 11.3 Å². The highest BCUT2D eigenvalue weighted by molar-refractivity contribution is 5.96. The van der Waals surface area contributed by atoms with Crippen molar-refractivity contribution in [3.05, 3.63) is 48.5 Å². The third-order valence-electron chi connectivity index (χ3n) is 5.21. The van der Waals surface area contributed by atoms with Gasteiger partial charge in [-0.15, -0.1) is 0 Å². The minimum Gasteiger partial charge on any atom is -0.337 e. The lowest BCUT2D eigenvalue weighted by molar-refractivity contribution is -0.117. The number of likely N-dealkylation sites (tertiary alicyclic amines) is 1. The van der Waals surface area contributed by atoms with Crippen LogP contribution in [0.1, 0.15) is 18.5 Å². The van der Waals surface area contributed by atoms with E-state index in [0.717, 1.165) is 38.3 Å². The molecule has 1 aromatic carbocycles. The number of imidazole rings is 1. The highest BCUT2D eigenvalue weighted by atomic mass is 16.2. The van der Waals surface area contributed by atoms with Gasteiger partial charge in [-0.05, 0) is 25.1 Å². The number of para-hydroxylation sites is 1. The maximum atomic E-state index is 12.5. The monoisotopic (exact) mass is 310 g/mol. The zero-order valence-corrected chi connectivity index (χ0v) is 13.5. The zero-order valence-electron chi connectivity index (χ0n) is 13.5. The van der Waals surface area contributed by atoms with Crippen molar-refractivity contribution >= 4 is 11.6 Å². The predicted octanol–water partition coefficient (Wildman–Crippen LogP) is 2.05. The van der Waals surface area contributed by atoms with Gasteiger partial charge in [0.2, 0.25) is 5.91 Å². The first-order valence-electron chi connectivity index (χ1n) is 8.18. The average molecular weight is 310 g/mol. The van der Waals surface area contributed by atoms with Crippen molar-refractivity contribution in [3.63, 3.8) is 0 Å². The van der Waals surface area contributed by atoms with Gasteiger partial charge in [0.1, 0.15) is 0 Å². The van der Waals surface area contributed by atoms with Gasteiger partial charge in [-0.2, -0.15) is 0 Å². The Kier molecular flexibility index (Phi) is 3.45. The molecule has 2 saturated heterocycles. The number of aryl methyl sites for hydroxylation is 1. The van der Waals surface area contributed by atoms with Crippen LogP contribution in [-0.2, 0) is 18.4 Å². The topological polar surface area (TPSA) is 41.4 Å². The summed E-state index contributed by atoms with van der Waals surface area (Å²) in [5.41, 5.74) is 2.37. The van der Waals surface area contributed by atoms with Gasteiger partial charge in [0.15, 0.2) is 0 Å². The van der Waals surface area contributed by atoms with Crippen LogP contribution in [0.5, 0.6) is 0 Å². The summed E-state index contributed by atoms with van der Waals surface area (Å²) in [7, 11) is 2.03. The summed E-state index contributed by atoms with van der Waals surface area (Å²) in [5.74, 6) is 0.263. The van der Waals surface area contributed by atoms with E-state index in [9.17, 15) is 4.79 Å². The summed E-state index contributed by atoms with van der Waals surface area (Å²) in [6.07, 6.45) is 5.54. The molecule has 0 aliphatic carbocycles. The van der Waals surface area contributed by atoms with Gasteiger partial charge in [-0.25, -0.2) is 4.98 Å². The fourth-order valence-electron chi connectivity index (χ4n) is 3.94. The molecule has 0 unspecified atom stereocenters. The minimum absolute atomic E-state index is 0.117. The van der Waals surface area contributed by atoms with Crippen molar-refractivity contribution in [1.82, 2.24) is 14.5 Å². The highest BCUT2D eigenvalue weighted by Gasteiger charge is 2.47. The van der Waals surface area contributed by atoms with Crippen molar-refractivity contribution in [1.29, 1.82) is 0 Å². The van der Waals surface area contributed by atoms with Crippen molar-refractivity contribution < 1.29 is 4.79 Å². The van der Waals surface area contributed by atoms with Crippen LogP contribution in [0.15, 0.2) is 42.9 Å². The molecule has 0 N–H and O–H groups in total. The molecule has 23 heavy (non-hydrogen) atoms. The van der Waals surface area contributed by atoms with Gasteiger partial charge in [-0.3, -0.25) is 9.69 Å². The highest BCUT2D eigenvalue weighted by Crippen LogP contribution is 2.42. The van der Waals surface area contributed by atoms with E-state index >= 15 is 0 Å². The maximum absolute atomic E-state index is 12.5. The third-order valence-corrected chi connectivity index (χ3v) is 5.21. The first kappa shape index (κ1) is 14.5. The van der Waals surface area contributed by atoms with E-state index in [4.69, 9.17) is 0 Å². The normalized spacial score (nSPS) is 24.9. The third kappa shape index (κ3) is 2.65. The predicted molar refractivity (Wildman–Crippen MR) is 88.9 cm³/mol. The fraction of sp³-hybridized carbons (Fsp3) is 0.444. The molecular formula is C18H22N4O. The zero-order chi connectivity index (χ0) is 15.9. The van der Waals surface area contributed by atoms with Crippen LogP contribution in [-0.4, -0.2) is 40.0 Å². The molecule has 5 nitrogen and oxygen atoms in total. The van der Waals surface area contributed by atoms with Crippen LogP contribution in [0.4, 0.5) is 5.69 Å². The Balaban J connectivity index is 1.46. The molecule has 2 aromatic rings. The largest absolute Gasteiger partial charge is 0.337 e. The van der Waals surface area contributed by atoms with Crippen molar-refractivity contribution in [2.75, 3.05) is 24.5 Å².